The Morgan fingerprint density at radius 2 is 2.23 bits per heavy atom. The number of H-pyrrole nitrogens is 1. The van der Waals surface area contributed by atoms with Gasteiger partial charge in [-0.05, 0) is 18.8 Å². The lowest BCUT2D eigenvalue weighted by Gasteiger charge is -2.25. The molecule has 3 heterocycles. The van der Waals surface area contributed by atoms with E-state index in [4.69, 9.17) is 0 Å². The van der Waals surface area contributed by atoms with Crippen molar-refractivity contribution in [2.75, 3.05) is 6.54 Å². The van der Waals surface area contributed by atoms with Gasteiger partial charge in [0.05, 0.1) is 18.9 Å². The predicted octanol–water partition coefficient (Wildman–Crippen LogP) is 0.722. The smallest absolute Gasteiger partial charge is 0.223 e. The zero-order valence-electron chi connectivity index (χ0n) is 14.9. The fraction of sp³-hybridized carbons (Fsp3) is 0.556. The molecule has 8 heteroatoms. The predicted molar refractivity (Wildman–Crippen MR) is 93.8 cm³/mol. The van der Waals surface area contributed by atoms with Gasteiger partial charge in [0.25, 0.3) is 0 Å². The van der Waals surface area contributed by atoms with Crippen LogP contribution in [0, 0.1) is 11.8 Å². The summed E-state index contributed by atoms with van der Waals surface area (Å²) < 4.78 is 2.03. The number of hydrogen-bond donors (Lipinski definition) is 2. The van der Waals surface area contributed by atoms with E-state index in [0.29, 0.717) is 38.4 Å². The van der Waals surface area contributed by atoms with Gasteiger partial charge in [-0.25, -0.2) is 9.97 Å². The molecule has 1 aliphatic heterocycles. The Morgan fingerprint density at radius 1 is 1.38 bits per heavy atom. The molecule has 2 aliphatic rings. The van der Waals surface area contributed by atoms with E-state index in [2.05, 4.69) is 27.2 Å². The van der Waals surface area contributed by atoms with E-state index in [-0.39, 0.29) is 23.8 Å². The van der Waals surface area contributed by atoms with Gasteiger partial charge in [-0.1, -0.05) is 6.92 Å². The van der Waals surface area contributed by atoms with Crippen LogP contribution < -0.4 is 5.32 Å². The molecule has 3 atom stereocenters. The van der Waals surface area contributed by atoms with Gasteiger partial charge in [0, 0.05) is 49.7 Å². The number of carbonyl (C=O) groups excluding carboxylic acids is 2. The van der Waals surface area contributed by atoms with Crippen molar-refractivity contribution in [1.29, 1.82) is 0 Å². The highest BCUT2D eigenvalue weighted by Crippen LogP contribution is 2.37. The van der Waals surface area contributed by atoms with E-state index in [1.165, 1.54) is 0 Å². The second-order valence-corrected chi connectivity index (χ2v) is 7.37. The zero-order chi connectivity index (χ0) is 18.1. The Kier molecular flexibility index (Phi) is 4.48. The van der Waals surface area contributed by atoms with Crippen molar-refractivity contribution in [2.45, 2.75) is 45.3 Å². The number of fused-ring (bicyclic) bond motifs is 1. The van der Waals surface area contributed by atoms with Gasteiger partial charge in [0.1, 0.15) is 5.82 Å². The summed E-state index contributed by atoms with van der Waals surface area (Å²) in [6.45, 7) is 3.72. The third kappa shape index (κ3) is 3.63. The molecular formula is C18H24N6O2. The number of nitrogens with zero attached hydrogens (tertiary/aromatic N) is 4. The van der Waals surface area contributed by atoms with Crippen LogP contribution in [-0.4, -0.2) is 48.8 Å². The van der Waals surface area contributed by atoms with E-state index < -0.39 is 0 Å². The Labute approximate surface area is 152 Å². The Morgan fingerprint density at radius 3 is 2.96 bits per heavy atom. The summed E-state index contributed by atoms with van der Waals surface area (Å²) in [5, 5.41) is 3.14. The summed E-state index contributed by atoms with van der Waals surface area (Å²) in [6, 6.07) is -0.0955. The lowest BCUT2D eigenvalue weighted by molar-refractivity contribution is -0.133. The number of aromatic amines is 1. The van der Waals surface area contributed by atoms with Crippen LogP contribution in [0.1, 0.15) is 31.3 Å². The van der Waals surface area contributed by atoms with Crippen LogP contribution in [0.4, 0.5) is 0 Å². The van der Waals surface area contributed by atoms with E-state index in [1.54, 1.807) is 18.7 Å². The topological polar surface area (TPSA) is 95.9 Å². The lowest BCUT2D eigenvalue weighted by Crippen LogP contribution is -2.46. The minimum atomic E-state index is -0.0955. The molecule has 1 fully saturated rings. The quantitative estimate of drug-likeness (QED) is 0.825. The number of rotatable bonds is 5. The molecule has 1 saturated carbocycles. The fourth-order valence-electron chi connectivity index (χ4n) is 3.55. The van der Waals surface area contributed by atoms with Crippen molar-refractivity contribution in [3.05, 3.63) is 36.4 Å². The number of nitrogens with one attached hydrogen (secondary N) is 2. The van der Waals surface area contributed by atoms with Crippen molar-refractivity contribution in [1.82, 2.24) is 29.7 Å². The molecule has 8 nitrogen and oxygen atoms in total. The number of hydrogen-bond acceptors (Lipinski definition) is 4. The first kappa shape index (κ1) is 16.8. The molecule has 2 N–H and O–H groups in total. The fourth-order valence-corrected chi connectivity index (χ4v) is 3.55. The Balaban J connectivity index is 1.43. The zero-order valence-corrected chi connectivity index (χ0v) is 14.9. The number of amides is 2. The van der Waals surface area contributed by atoms with Crippen LogP contribution in [0.3, 0.4) is 0 Å². The van der Waals surface area contributed by atoms with Gasteiger partial charge < -0.3 is 19.8 Å². The molecule has 0 saturated heterocycles. The van der Waals surface area contributed by atoms with Gasteiger partial charge >= 0.3 is 0 Å². The SMILES string of the molecule is C[C@H]1C[C@@H]1C(=O)NC1CN(C(=O)CCc2cnc[nH]2)Cc2nccn2C1. The van der Waals surface area contributed by atoms with E-state index in [0.717, 1.165) is 17.9 Å². The highest BCUT2D eigenvalue weighted by molar-refractivity contribution is 5.82. The molecule has 138 valence electrons. The highest BCUT2D eigenvalue weighted by Gasteiger charge is 2.40. The van der Waals surface area contributed by atoms with E-state index in [1.807, 2.05) is 15.7 Å². The molecule has 4 rings (SSSR count). The van der Waals surface area contributed by atoms with Crippen molar-refractivity contribution >= 4 is 11.8 Å². The van der Waals surface area contributed by atoms with Gasteiger partial charge in [0.2, 0.25) is 11.8 Å². The maximum Gasteiger partial charge on any atom is 0.223 e. The minimum absolute atomic E-state index is 0.0649. The first-order valence-corrected chi connectivity index (χ1v) is 9.15. The molecule has 0 aromatic carbocycles. The van der Waals surface area contributed by atoms with Gasteiger partial charge in [-0.2, -0.15) is 0 Å². The third-order valence-electron chi connectivity index (χ3n) is 5.30. The summed E-state index contributed by atoms with van der Waals surface area (Å²) >= 11 is 0. The maximum atomic E-state index is 12.7. The molecule has 0 bridgehead atoms. The molecule has 0 spiro atoms. The molecule has 26 heavy (non-hydrogen) atoms. The third-order valence-corrected chi connectivity index (χ3v) is 5.30. The van der Waals surface area contributed by atoms with Gasteiger partial charge in [-0.15, -0.1) is 0 Å². The monoisotopic (exact) mass is 356 g/mol. The van der Waals surface area contributed by atoms with Crippen LogP contribution in [-0.2, 0) is 29.1 Å². The molecule has 2 amide bonds. The van der Waals surface area contributed by atoms with Gasteiger partial charge in [0.15, 0.2) is 0 Å². The number of aromatic nitrogens is 4. The maximum absolute atomic E-state index is 12.7. The average molecular weight is 356 g/mol. The summed E-state index contributed by atoms with van der Waals surface area (Å²) in [5.41, 5.74) is 0.947. The molecule has 0 radical (unpaired) electrons. The summed E-state index contributed by atoms with van der Waals surface area (Å²) in [4.78, 5) is 38.3. The second-order valence-electron chi connectivity index (χ2n) is 7.37. The molecule has 1 aliphatic carbocycles. The Bertz CT molecular complexity index is 783. The summed E-state index contributed by atoms with van der Waals surface area (Å²) in [5.74, 6) is 1.63. The summed E-state index contributed by atoms with van der Waals surface area (Å²) in [7, 11) is 0. The Hall–Kier alpha value is -2.64. The normalized spacial score (nSPS) is 24.7. The molecular weight excluding hydrogens is 332 g/mol. The van der Waals surface area contributed by atoms with E-state index in [9.17, 15) is 9.59 Å². The van der Waals surface area contributed by atoms with E-state index >= 15 is 0 Å². The number of carbonyl (C=O) groups is 2. The summed E-state index contributed by atoms with van der Waals surface area (Å²) in [6.07, 6.45) is 9.00. The van der Waals surface area contributed by atoms with Gasteiger partial charge in [-0.3, -0.25) is 9.59 Å². The average Bonchev–Trinajstić information content (AvgIpc) is 3.00. The van der Waals surface area contributed by atoms with Crippen molar-refractivity contribution in [3.8, 4) is 0 Å². The number of aryl methyl sites for hydroxylation is 1. The lowest BCUT2D eigenvalue weighted by atomic mass is 10.2. The standard InChI is InChI=1S/C18H24N6O2/c1-12-6-15(12)18(26)22-14-8-23-5-4-20-16(23)10-24(9-14)17(25)3-2-13-7-19-11-21-13/h4-5,7,11-12,14-15H,2-3,6,8-10H2,1H3,(H,19,21)(H,22,26)/t12-,14?,15-/m0/s1. The van der Waals surface area contributed by atoms with Crippen molar-refractivity contribution < 1.29 is 9.59 Å². The van der Waals surface area contributed by atoms with Crippen LogP contribution in [0.2, 0.25) is 0 Å². The van der Waals surface area contributed by atoms with Crippen LogP contribution in [0.15, 0.2) is 24.9 Å². The van der Waals surface area contributed by atoms with Crippen LogP contribution >= 0.6 is 0 Å². The molecule has 2 aromatic rings. The van der Waals surface area contributed by atoms with Crippen molar-refractivity contribution in [3.63, 3.8) is 0 Å². The van der Waals surface area contributed by atoms with Crippen LogP contribution in [0.25, 0.3) is 0 Å². The first-order chi connectivity index (χ1) is 12.6. The minimum Gasteiger partial charge on any atom is -0.350 e. The highest BCUT2D eigenvalue weighted by atomic mass is 16.2. The largest absolute Gasteiger partial charge is 0.350 e. The molecule has 2 aromatic heterocycles. The first-order valence-electron chi connectivity index (χ1n) is 9.15. The second kappa shape index (κ2) is 6.93. The van der Waals surface area contributed by atoms with Crippen LogP contribution in [0.5, 0.6) is 0 Å². The number of imidazole rings is 2. The molecule has 1 unspecified atom stereocenters. The van der Waals surface area contributed by atoms with Crippen molar-refractivity contribution in [2.24, 2.45) is 11.8 Å².